The molecular weight excluding hydrogens is 303 g/mol. The van der Waals surface area contributed by atoms with Crippen LogP contribution in [0.1, 0.15) is 76.7 Å². The molecule has 2 fully saturated rings. The Kier molecular flexibility index (Phi) is 5.29. The van der Waals surface area contributed by atoms with Crippen molar-refractivity contribution in [1.29, 1.82) is 0 Å². The molecule has 1 aromatic carbocycles. The summed E-state index contributed by atoms with van der Waals surface area (Å²) in [5.74, 6) is 1.48. The summed E-state index contributed by atoms with van der Waals surface area (Å²) >= 11 is 0. The molecule has 2 nitrogen and oxygen atoms in total. The average molecular weight is 334 g/mol. The van der Waals surface area contributed by atoms with Gasteiger partial charge < -0.3 is 0 Å². The SMILES string of the molecule is CC1=NNC(c2ccc(BC3CCCC3)cc2)=C2CCCCCCC12. The maximum atomic E-state index is 4.66. The van der Waals surface area contributed by atoms with Crippen molar-refractivity contribution < 1.29 is 0 Å². The minimum absolute atomic E-state index is 0.565. The zero-order valence-corrected chi connectivity index (χ0v) is 15.7. The Hall–Kier alpha value is -1.51. The van der Waals surface area contributed by atoms with Crippen molar-refractivity contribution in [1.82, 2.24) is 5.43 Å². The molecule has 1 heterocycles. The maximum absolute atomic E-state index is 4.66. The molecule has 0 spiro atoms. The first-order chi connectivity index (χ1) is 12.3. The number of rotatable bonds is 3. The van der Waals surface area contributed by atoms with Crippen LogP contribution in [0.25, 0.3) is 5.70 Å². The Labute approximate surface area is 153 Å². The number of hydrogen-bond acceptors (Lipinski definition) is 2. The molecule has 132 valence electrons. The highest BCUT2D eigenvalue weighted by molar-refractivity contribution is 6.55. The fourth-order valence-corrected chi connectivity index (χ4v) is 5.03. The first-order valence-corrected chi connectivity index (χ1v) is 10.4. The third kappa shape index (κ3) is 3.86. The second kappa shape index (κ2) is 7.80. The van der Waals surface area contributed by atoms with Crippen molar-refractivity contribution in [2.45, 2.75) is 76.9 Å². The molecule has 1 N–H and O–H groups in total. The topological polar surface area (TPSA) is 24.4 Å². The zero-order valence-electron chi connectivity index (χ0n) is 15.7. The molecule has 1 aromatic rings. The van der Waals surface area contributed by atoms with Gasteiger partial charge in [-0.15, -0.1) is 0 Å². The summed E-state index contributed by atoms with van der Waals surface area (Å²) < 4.78 is 0. The van der Waals surface area contributed by atoms with Crippen LogP contribution in [0.15, 0.2) is 34.9 Å². The summed E-state index contributed by atoms with van der Waals surface area (Å²) in [6.07, 6.45) is 13.6. The average Bonchev–Trinajstić information content (AvgIpc) is 3.10. The summed E-state index contributed by atoms with van der Waals surface area (Å²) in [7, 11) is 1.26. The van der Waals surface area contributed by atoms with Gasteiger partial charge in [0.15, 0.2) is 7.28 Å². The van der Waals surface area contributed by atoms with Gasteiger partial charge in [-0.1, -0.05) is 80.5 Å². The van der Waals surface area contributed by atoms with E-state index < -0.39 is 0 Å². The van der Waals surface area contributed by atoms with Crippen molar-refractivity contribution in [2.75, 3.05) is 0 Å². The molecule has 0 saturated heterocycles. The Bertz CT molecular complexity index is 653. The first kappa shape index (κ1) is 16.9. The van der Waals surface area contributed by atoms with Crippen LogP contribution in [0.2, 0.25) is 5.82 Å². The van der Waals surface area contributed by atoms with Gasteiger partial charge in [0.05, 0.1) is 5.70 Å². The van der Waals surface area contributed by atoms with Gasteiger partial charge in [-0.3, -0.25) is 5.43 Å². The molecule has 3 heteroatoms. The molecule has 1 unspecified atom stereocenters. The van der Waals surface area contributed by atoms with Gasteiger partial charge >= 0.3 is 0 Å². The van der Waals surface area contributed by atoms with E-state index in [4.69, 9.17) is 0 Å². The number of benzene rings is 1. The van der Waals surface area contributed by atoms with E-state index in [0.717, 1.165) is 5.82 Å². The van der Waals surface area contributed by atoms with E-state index in [1.54, 1.807) is 5.57 Å². The summed E-state index contributed by atoms with van der Waals surface area (Å²) in [5.41, 5.74) is 10.4. The lowest BCUT2D eigenvalue weighted by Crippen LogP contribution is -2.27. The van der Waals surface area contributed by atoms with Crippen molar-refractivity contribution in [3.8, 4) is 0 Å². The van der Waals surface area contributed by atoms with Gasteiger partial charge in [0.1, 0.15) is 0 Å². The fourth-order valence-electron chi connectivity index (χ4n) is 5.03. The molecule has 4 rings (SSSR count). The second-order valence-electron chi connectivity index (χ2n) is 8.32. The molecule has 3 aliphatic rings. The van der Waals surface area contributed by atoms with Crippen LogP contribution in [0.4, 0.5) is 0 Å². The molecule has 1 aliphatic heterocycles. The number of hydrazone groups is 1. The van der Waals surface area contributed by atoms with Crippen LogP contribution in [0, 0.1) is 5.92 Å². The summed E-state index contributed by atoms with van der Waals surface area (Å²) in [6.45, 7) is 2.20. The van der Waals surface area contributed by atoms with E-state index in [2.05, 4.69) is 41.7 Å². The number of fused-ring (bicyclic) bond motifs is 1. The number of nitrogens with zero attached hydrogens (tertiary/aromatic N) is 1. The molecule has 2 saturated carbocycles. The number of hydrogen-bond donors (Lipinski definition) is 1. The Morgan fingerprint density at radius 3 is 2.44 bits per heavy atom. The highest BCUT2D eigenvalue weighted by Crippen LogP contribution is 2.35. The molecule has 0 bridgehead atoms. The predicted octanol–water partition coefficient (Wildman–Crippen LogP) is 4.77. The molecule has 2 aliphatic carbocycles. The first-order valence-electron chi connectivity index (χ1n) is 10.4. The predicted molar refractivity (Wildman–Crippen MR) is 110 cm³/mol. The highest BCUT2D eigenvalue weighted by atomic mass is 15.3. The van der Waals surface area contributed by atoms with Gasteiger partial charge in [0.2, 0.25) is 0 Å². The van der Waals surface area contributed by atoms with Gasteiger partial charge in [0.25, 0.3) is 0 Å². The van der Waals surface area contributed by atoms with Crippen LogP contribution in [-0.4, -0.2) is 13.0 Å². The molecule has 0 radical (unpaired) electrons. The summed E-state index contributed by atoms with van der Waals surface area (Å²) in [5, 5.41) is 4.66. The zero-order chi connectivity index (χ0) is 17.1. The molecule has 1 atom stereocenters. The van der Waals surface area contributed by atoms with Crippen molar-refractivity contribution >= 4 is 24.2 Å². The van der Waals surface area contributed by atoms with Crippen LogP contribution < -0.4 is 10.9 Å². The van der Waals surface area contributed by atoms with E-state index in [0.29, 0.717) is 5.92 Å². The fraction of sp³-hybridized carbons (Fsp3) is 0.591. The van der Waals surface area contributed by atoms with Crippen molar-refractivity contribution in [3.05, 3.63) is 35.4 Å². The normalized spacial score (nSPS) is 24.8. The van der Waals surface area contributed by atoms with E-state index in [-0.39, 0.29) is 0 Å². The van der Waals surface area contributed by atoms with E-state index in [9.17, 15) is 0 Å². The lowest BCUT2D eigenvalue weighted by atomic mass is 9.58. The Morgan fingerprint density at radius 2 is 1.64 bits per heavy atom. The molecule has 0 aromatic heterocycles. The second-order valence-corrected chi connectivity index (χ2v) is 8.32. The van der Waals surface area contributed by atoms with Crippen LogP contribution in [0.3, 0.4) is 0 Å². The van der Waals surface area contributed by atoms with Gasteiger partial charge in [-0.25, -0.2) is 0 Å². The molecular formula is C22H31BN2. The van der Waals surface area contributed by atoms with Crippen LogP contribution in [0.5, 0.6) is 0 Å². The lowest BCUT2D eigenvalue weighted by Gasteiger charge is -2.30. The van der Waals surface area contributed by atoms with Crippen LogP contribution in [-0.2, 0) is 0 Å². The minimum atomic E-state index is 0.565. The summed E-state index contributed by atoms with van der Waals surface area (Å²) in [6, 6.07) is 9.36. The number of nitrogens with one attached hydrogen (secondary N) is 1. The smallest absolute Gasteiger partial charge is 0.160 e. The largest absolute Gasteiger partial charge is 0.278 e. The quantitative estimate of drug-likeness (QED) is 0.791. The Morgan fingerprint density at radius 1 is 0.920 bits per heavy atom. The van der Waals surface area contributed by atoms with Crippen molar-refractivity contribution in [3.63, 3.8) is 0 Å². The van der Waals surface area contributed by atoms with Crippen LogP contribution >= 0.6 is 0 Å². The third-order valence-electron chi connectivity index (χ3n) is 6.52. The van der Waals surface area contributed by atoms with Gasteiger partial charge in [-0.2, -0.15) is 5.10 Å². The van der Waals surface area contributed by atoms with Crippen molar-refractivity contribution in [2.24, 2.45) is 11.0 Å². The van der Waals surface area contributed by atoms with E-state index in [1.165, 1.54) is 93.9 Å². The highest BCUT2D eigenvalue weighted by Gasteiger charge is 2.26. The molecule has 0 amide bonds. The monoisotopic (exact) mass is 334 g/mol. The van der Waals surface area contributed by atoms with Gasteiger partial charge in [0, 0.05) is 11.6 Å². The summed E-state index contributed by atoms with van der Waals surface area (Å²) in [4.78, 5) is 0. The van der Waals surface area contributed by atoms with Gasteiger partial charge in [-0.05, 0) is 37.3 Å². The maximum Gasteiger partial charge on any atom is 0.160 e. The minimum Gasteiger partial charge on any atom is -0.278 e. The Balaban J connectivity index is 1.56. The molecule has 25 heavy (non-hydrogen) atoms. The third-order valence-corrected chi connectivity index (χ3v) is 6.52. The van der Waals surface area contributed by atoms with E-state index >= 15 is 0 Å². The lowest BCUT2D eigenvalue weighted by molar-refractivity contribution is 0.520. The number of allylic oxidation sites excluding steroid dienone is 1. The standard InChI is InChI=1S/C22H31BN2/c1-16-20-10-4-2-3-5-11-21(20)22(25-24-16)17-12-14-19(15-13-17)23-18-8-6-7-9-18/h12-15,18,20,23,25H,2-11H2,1H3. The van der Waals surface area contributed by atoms with E-state index in [1.807, 2.05) is 0 Å².